The zero-order valence-corrected chi connectivity index (χ0v) is 11.6. The smallest absolute Gasteiger partial charge is 0.259 e. The van der Waals surface area contributed by atoms with Gasteiger partial charge in [-0.1, -0.05) is 12.1 Å². The molecule has 3 nitrogen and oxygen atoms in total. The first-order valence-electron chi connectivity index (χ1n) is 6.38. The van der Waals surface area contributed by atoms with Gasteiger partial charge in [-0.05, 0) is 35.7 Å². The molecule has 0 aliphatic carbocycles. The number of thiophene rings is 1. The number of fused-ring (bicyclic) bond motifs is 2. The second-order valence-electron chi connectivity index (χ2n) is 4.72. The first-order valence-corrected chi connectivity index (χ1v) is 7.26. The molecule has 4 rings (SSSR count). The number of rotatable bonds is 1. The summed E-state index contributed by atoms with van der Waals surface area (Å²) in [5.74, 6) is 0.0763. The predicted octanol–water partition coefficient (Wildman–Crippen LogP) is 3.94. The van der Waals surface area contributed by atoms with Crippen LogP contribution in [0.25, 0.3) is 32.4 Å². The first kappa shape index (κ1) is 12.2. The van der Waals surface area contributed by atoms with Crippen LogP contribution in [0.1, 0.15) is 0 Å². The van der Waals surface area contributed by atoms with Gasteiger partial charge in [0.1, 0.15) is 11.6 Å². The molecule has 0 bridgehead atoms. The SMILES string of the molecule is O=c1[nH]c(-c2cc(F)c3ccsc3c2)nc2ccccc12. The highest BCUT2D eigenvalue weighted by molar-refractivity contribution is 7.17. The number of hydrogen-bond acceptors (Lipinski definition) is 3. The largest absolute Gasteiger partial charge is 0.306 e. The molecule has 0 saturated carbocycles. The molecule has 4 aromatic rings. The Morgan fingerprint density at radius 1 is 1.10 bits per heavy atom. The number of aromatic nitrogens is 2. The highest BCUT2D eigenvalue weighted by Crippen LogP contribution is 2.28. The molecular weight excluding hydrogens is 287 g/mol. The van der Waals surface area contributed by atoms with Crippen molar-refractivity contribution in [2.75, 3.05) is 0 Å². The molecular formula is C16H9FN2OS. The summed E-state index contributed by atoms with van der Waals surface area (Å²) in [4.78, 5) is 19.2. The van der Waals surface area contributed by atoms with E-state index >= 15 is 0 Å². The molecule has 0 radical (unpaired) electrons. The van der Waals surface area contributed by atoms with Crippen LogP contribution in [0.15, 0.2) is 52.6 Å². The maximum Gasteiger partial charge on any atom is 0.259 e. The number of benzene rings is 2. The molecule has 0 saturated heterocycles. The Bertz CT molecular complexity index is 1040. The monoisotopic (exact) mass is 296 g/mol. The molecule has 2 aromatic heterocycles. The quantitative estimate of drug-likeness (QED) is 0.578. The van der Waals surface area contributed by atoms with E-state index in [2.05, 4.69) is 9.97 Å². The lowest BCUT2D eigenvalue weighted by atomic mass is 10.1. The predicted molar refractivity (Wildman–Crippen MR) is 83.1 cm³/mol. The van der Waals surface area contributed by atoms with Crippen molar-refractivity contribution in [3.05, 3.63) is 64.0 Å². The summed E-state index contributed by atoms with van der Waals surface area (Å²) in [7, 11) is 0. The first-order chi connectivity index (χ1) is 10.2. The summed E-state index contributed by atoms with van der Waals surface area (Å²) in [6.45, 7) is 0. The van der Waals surface area contributed by atoms with E-state index in [4.69, 9.17) is 0 Å². The van der Waals surface area contributed by atoms with Crippen LogP contribution in [-0.2, 0) is 0 Å². The van der Waals surface area contributed by atoms with Gasteiger partial charge in [-0.3, -0.25) is 4.79 Å². The van der Waals surface area contributed by atoms with Crippen molar-refractivity contribution in [2.24, 2.45) is 0 Å². The van der Waals surface area contributed by atoms with Crippen LogP contribution in [0.3, 0.4) is 0 Å². The van der Waals surface area contributed by atoms with Crippen LogP contribution in [0.5, 0.6) is 0 Å². The molecule has 0 aliphatic rings. The summed E-state index contributed by atoms with van der Waals surface area (Å²) < 4.78 is 14.9. The topological polar surface area (TPSA) is 45.8 Å². The molecule has 2 heterocycles. The number of nitrogens with zero attached hydrogens (tertiary/aromatic N) is 1. The van der Waals surface area contributed by atoms with Gasteiger partial charge in [0, 0.05) is 15.6 Å². The van der Waals surface area contributed by atoms with Crippen molar-refractivity contribution < 1.29 is 4.39 Å². The summed E-state index contributed by atoms with van der Waals surface area (Å²) in [5, 5.41) is 2.96. The minimum absolute atomic E-state index is 0.220. The lowest BCUT2D eigenvalue weighted by Gasteiger charge is -2.04. The van der Waals surface area contributed by atoms with Gasteiger partial charge in [-0.2, -0.15) is 0 Å². The third kappa shape index (κ3) is 1.94. The molecule has 2 aromatic carbocycles. The molecule has 0 spiro atoms. The summed E-state index contributed by atoms with van der Waals surface area (Å²) in [5.41, 5.74) is 0.954. The van der Waals surface area contributed by atoms with Crippen LogP contribution in [0.4, 0.5) is 4.39 Å². The van der Waals surface area contributed by atoms with E-state index in [1.165, 1.54) is 17.4 Å². The Balaban J connectivity index is 2.01. The second-order valence-corrected chi connectivity index (χ2v) is 5.67. The number of H-pyrrole nitrogens is 1. The standard InChI is InChI=1S/C16H9FN2OS/c17-12-7-9(8-14-10(12)5-6-21-14)15-18-13-4-2-1-3-11(13)16(20)19-15/h1-8H,(H,18,19,20). The van der Waals surface area contributed by atoms with Gasteiger partial charge in [-0.15, -0.1) is 11.3 Å². The van der Waals surface area contributed by atoms with Crippen LogP contribution in [0.2, 0.25) is 0 Å². The zero-order valence-electron chi connectivity index (χ0n) is 10.8. The summed E-state index contributed by atoms with van der Waals surface area (Å²) in [6, 6.07) is 12.1. The van der Waals surface area contributed by atoms with Crippen molar-refractivity contribution >= 4 is 32.3 Å². The van der Waals surface area contributed by atoms with Crippen LogP contribution in [-0.4, -0.2) is 9.97 Å². The van der Waals surface area contributed by atoms with Crippen LogP contribution in [0, 0.1) is 5.82 Å². The van der Waals surface area contributed by atoms with Crippen molar-refractivity contribution in [1.29, 1.82) is 0 Å². The van der Waals surface area contributed by atoms with Gasteiger partial charge < -0.3 is 4.98 Å². The Labute approximate surface area is 122 Å². The number of nitrogens with one attached hydrogen (secondary N) is 1. The fourth-order valence-electron chi connectivity index (χ4n) is 2.39. The summed E-state index contributed by atoms with van der Waals surface area (Å²) in [6.07, 6.45) is 0. The van der Waals surface area contributed by atoms with Crippen molar-refractivity contribution in [3.8, 4) is 11.4 Å². The second kappa shape index (κ2) is 4.49. The maximum absolute atomic E-state index is 14.1. The van der Waals surface area contributed by atoms with E-state index < -0.39 is 0 Å². The Kier molecular flexibility index (Phi) is 2.62. The van der Waals surface area contributed by atoms with Crippen molar-refractivity contribution in [3.63, 3.8) is 0 Å². The molecule has 1 N–H and O–H groups in total. The average molecular weight is 296 g/mol. The van der Waals surface area contributed by atoms with Gasteiger partial charge in [0.05, 0.1) is 10.9 Å². The van der Waals surface area contributed by atoms with Crippen molar-refractivity contribution in [1.82, 2.24) is 9.97 Å². The highest BCUT2D eigenvalue weighted by atomic mass is 32.1. The number of hydrogen-bond donors (Lipinski definition) is 1. The lowest BCUT2D eigenvalue weighted by Crippen LogP contribution is -2.09. The Morgan fingerprint density at radius 3 is 2.86 bits per heavy atom. The minimum atomic E-state index is -0.306. The van der Waals surface area contributed by atoms with E-state index in [-0.39, 0.29) is 11.4 Å². The van der Waals surface area contributed by atoms with E-state index in [0.29, 0.717) is 27.7 Å². The Morgan fingerprint density at radius 2 is 1.95 bits per heavy atom. The summed E-state index contributed by atoms with van der Waals surface area (Å²) >= 11 is 1.46. The fraction of sp³-hybridized carbons (Fsp3) is 0. The van der Waals surface area contributed by atoms with Crippen LogP contribution >= 0.6 is 11.3 Å². The molecule has 102 valence electrons. The van der Waals surface area contributed by atoms with Crippen molar-refractivity contribution in [2.45, 2.75) is 0 Å². The van der Waals surface area contributed by atoms with E-state index in [1.54, 1.807) is 24.3 Å². The van der Waals surface area contributed by atoms with Gasteiger partial charge in [-0.25, -0.2) is 9.37 Å². The van der Waals surface area contributed by atoms with E-state index in [1.807, 2.05) is 17.5 Å². The fourth-order valence-corrected chi connectivity index (χ4v) is 3.23. The maximum atomic E-state index is 14.1. The lowest BCUT2D eigenvalue weighted by molar-refractivity contribution is 0.640. The number of aromatic amines is 1. The number of halogens is 1. The molecule has 0 unspecified atom stereocenters. The molecule has 0 atom stereocenters. The minimum Gasteiger partial charge on any atom is -0.306 e. The van der Waals surface area contributed by atoms with Crippen LogP contribution < -0.4 is 5.56 Å². The third-order valence-corrected chi connectivity index (χ3v) is 4.27. The van der Waals surface area contributed by atoms with Gasteiger partial charge in [0.2, 0.25) is 0 Å². The zero-order chi connectivity index (χ0) is 14.4. The Hall–Kier alpha value is -2.53. The average Bonchev–Trinajstić information content (AvgIpc) is 2.96. The molecule has 5 heteroatoms. The normalized spacial score (nSPS) is 11.3. The number of para-hydroxylation sites is 1. The van der Waals surface area contributed by atoms with Gasteiger partial charge >= 0.3 is 0 Å². The molecule has 0 fully saturated rings. The van der Waals surface area contributed by atoms with E-state index in [0.717, 1.165) is 4.70 Å². The molecule has 0 aliphatic heterocycles. The molecule has 21 heavy (non-hydrogen) atoms. The highest BCUT2D eigenvalue weighted by Gasteiger charge is 2.10. The van der Waals surface area contributed by atoms with Gasteiger partial charge in [0.15, 0.2) is 0 Å². The molecule has 0 amide bonds. The van der Waals surface area contributed by atoms with E-state index in [9.17, 15) is 9.18 Å². The third-order valence-electron chi connectivity index (χ3n) is 3.41. The van der Waals surface area contributed by atoms with Gasteiger partial charge in [0.25, 0.3) is 5.56 Å².